The van der Waals surface area contributed by atoms with Crippen molar-refractivity contribution in [3.63, 3.8) is 0 Å². The van der Waals surface area contributed by atoms with Crippen molar-refractivity contribution in [2.45, 2.75) is 6.54 Å². The number of rotatable bonds is 3. The SMILES string of the molecule is Cn1nccc1CNC(=O)c1cnccn1. The first kappa shape index (κ1) is 10.3. The minimum absolute atomic E-state index is 0.241. The lowest BCUT2D eigenvalue weighted by Gasteiger charge is -2.04. The van der Waals surface area contributed by atoms with Gasteiger partial charge in [0.1, 0.15) is 5.69 Å². The van der Waals surface area contributed by atoms with Gasteiger partial charge in [-0.15, -0.1) is 0 Å². The first-order chi connectivity index (χ1) is 7.77. The predicted molar refractivity (Wildman–Crippen MR) is 56.4 cm³/mol. The van der Waals surface area contributed by atoms with Crippen LogP contribution in [0.5, 0.6) is 0 Å². The van der Waals surface area contributed by atoms with Gasteiger partial charge >= 0.3 is 0 Å². The third-order valence-electron chi connectivity index (χ3n) is 2.15. The molecule has 0 aliphatic rings. The van der Waals surface area contributed by atoms with E-state index in [4.69, 9.17) is 0 Å². The van der Waals surface area contributed by atoms with Crippen LogP contribution in [-0.4, -0.2) is 25.7 Å². The molecule has 2 rings (SSSR count). The number of aromatic nitrogens is 4. The van der Waals surface area contributed by atoms with E-state index in [1.807, 2.05) is 13.1 Å². The largest absolute Gasteiger partial charge is 0.345 e. The van der Waals surface area contributed by atoms with Crippen LogP contribution in [0.4, 0.5) is 0 Å². The molecule has 0 radical (unpaired) electrons. The van der Waals surface area contributed by atoms with Gasteiger partial charge < -0.3 is 5.32 Å². The van der Waals surface area contributed by atoms with Crippen LogP contribution in [0, 0.1) is 0 Å². The molecule has 0 aliphatic heterocycles. The van der Waals surface area contributed by atoms with E-state index in [2.05, 4.69) is 20.4 Å². The van der Waals surface area contributed by atoms with Crippen molar-refractivity contribution in [1.29, 1.82) is 0 Å². The molecule has 0 spiro atoms. The van der Waals surface area contributed by atoms with Crippen LogP contribution in [0.2, 0.25) is 0 Å². The summed E-state index contributed by atoms with van der Waals surface area (Å²) in [4.78, 5) is 19.3. The highest BCUT2D eigenvalue weighted by molar-refractivity contribution is 5.91. The molecular weight excluding hydrogens is 206 g/mol. The average Bonchev–Trinajstić information content (AvgIpc) is 2.73. The number of carbonyl (C=O) groups excluding carboxylic acids is 1. The van der Waals surface area contributed by atoms with Gasteiger partial charge in [0.05, 0.1) is 18.4 Å². The highest BCUT2D eigenvalue weighted by Gasteiger charge is 2.07. The summed E-state index contributed by atoms with van der Waals surface area (Å²) in [5.41, 5.74) is 1.24. The van der Waals surface area contributed by atoms with E-state index in [-0.39, 0.29) is 5.91 Å². The van der Waals surface area contributed by atoms with E-state index < -0.39 is 0 Å². The van der Waals surface area contributed by atoms with Crippen molar-refractivity contribution in [3.8, 4) is 0 Å². The molecule has 16 heavy (non-hydrogen) atoms. The molecule has 0 aliphatic carbocycles. The number of nitrogens with zero attached hydrogens (tertiary/aromatic N) is 4. The molecule has 0 fully saturated rings. The van der Waals surface area contributed by atoms with Crippen molar-refractivity contribution in [2.24, 2.45) is 7.05 Å². The number of amides is 1. The zero-order valence-electron chi connectivity index (χ0n) is 8.79. The smallest absolute Gasteiger partial charge is 0.271 e. The van der Waals surface area contributed by atoms with E-state index in [1.165, 1.54) is 18.6 Å². The van der Waals surface area contributed by atoms with Gasteiger partial charge in [-0.1, -0.05) is 0 Å². The molecule has 0 saturated heterocycles. The molecule has 2 aromatic rings. The summed E-state index contributed by atoms with van der Waals surface area (Å²) in [6, 6.07) is 1.84. The fraction of sp³-hybridized carbons (Fsp3) is 0.200. The predicted octanol–water partition coefficient (Wildman–Crippen LogP) is 0.140. The minimum atomic E-state index is -0.241. The molecule has 82 valence electrons. The number of aryl methyl sites for hydroxylation is 1. The Kier molecular flexibility index (Phi) is 2.90. The van der Waals surface area contributed by atoms with Crippen LogP contribution in [0.15, 0.2) is 30.9 Å². The zero-order chi connectivity index (χ0) is 11.4. The molecule has 6 nitrogen and oxygen atoms in total. The van der Waals surface area contributed by atoms with Crippen molar-refractivity contribution in [3.05, 3.63) is 42.2 Å². The molecule has 2 heterocycles. The number of carbonyl (C=O) groups is 1. The normalized spacial score (nSPS) is 10.1. The van der Waals surface area contributed by atoms with Crippen LogP contribution >= 0.6 is 0 Å². The summed E-state index contributed by atoms with van der Waals surface area (Å²) < 4.78 is 1.71. The van der Waals surface area contributed by atoms with Gasteiger partial charge in [0.2, 0.25) is 0 Å². The van der Waals surface area contributed by atoms with E-state index in [9.17, 15) is 4.79 Å². The van der Waals surface area contributed by atoms with Crippen LogP contribution in [0.3, 0.4) is 0 Å². The summed E-state index contributed by atoms with van der Waals surface area (Å²) in [7, 11) is 1.82. The molecule has 6 heteroatoms. The average molecular weight is 217 g/mol. The van der Waals surface area contributed by atoms with Gasteiger partial charge in [0.25, 0.3) is 5.91 Å². The third-order valence-corrected chi connectivity index (χ3v) is 2.15. The Morgan fingerprint density at radius 2 is 2.31 bits per heavy atom. The van der Waals surface area contributed by atoms with Crippen LogP contribution in [0.1, 0.15) is 16.2 Å². The topological polar surface area (TPSA) is 72.7 Å². The van der Waals surface area contributed by atoms with E-state index >= 15 is 0 Å². The molecule has 0 atom stereocenters. The summed E-state index contributed by atoms with van der Waals surface area (Å²) in [5, 5.41) is 6.74. The van der Waals surface area contributed by atoms with Crippen molar-refractivity contribution < 1.29 is 4.79 Å². The zero-order valence-corrected chi connectivity index (χ0v) is 8.79. The molecule has 0 saturated carbocycles. The van der Waals surface area contributed by atoms with Crippen molar-refractivity contribution in [2.75, 3.05) is 0 Å². The monoisotopic (exact) mass is 217 g/mol. The second kappa shape index (κ2) is 4.52. The second-order valence-electron chi connectivity index (χ2n) is 3.22. The van der Waals surface area contributed by atoms with E-state index in [0.29, 0.717) is 12.2 Å². The minimum Gasteiger partial charge on any atom is -0.345 e. The van der Waals surface area contributed by atoms with Gasteiger partial charge in [-0.05, 0) is 6.07 Å². The molecule has 1 amide bonds. The van der Waals surface area contributed by atoms with Gasteiger partial charge in [-0.25, -0.2) is 4.98 Å². The lowest BCUT2D eigenvalue weighted by molar-refractivity contribution is 0.0944. The number of nitrogens with one attached hydrogen (secondary N) is 1. The first-order valence-corrected chi connectivity index (χ1v) is 4.78. The molecule has 0 aromatic carbocycles. The Bertz CT molecular complexity index is 479. The Morgan fingerprint density at radius 3 is 2.94 bits per heavy atom. The van der Waals surface area contributed by atoms with Crippen LogP contribution in [0.25, 0.3) is 0 Å². The fourth-order valence-corrected chi connectivity index (χ4v) is 1.25. The highest BCUT2D eigenvalue weighted by atomic mass is 16.1. The number of hydrogen-bond donors (Lipinski definition) is 1. The highest BCUT2D eigenvalue weighted by Crippen LogP contribution is 1.96. The quantitative estimate of drug-likeness (QED) is 0.793. The fourth-order valence-electron chi connectivity index (χ4n) is 1.25. The summed E-state index contributed by atoms with van der Waals surface area (Å²) >= 11 is 0. The Hall–Kier alpha value is -2.24. The molecule has 1 N–H and O–H groups in total. The van der Waals surface area contributed by atoms with Gasteiger partial charge in [0.15, 0.2) is 0 Å². The van der Waals surface area contributed by atoms with E-state index in [1.54, 1.807) is 10.9 Å². The van der Waals surface area contributed by atoms with E-state index in [0.717, 1.165) is 5.69 Å². The maximum atomic E-state index is 11.6. The maximum absolute atomic E-state index is 11.6. The summed E-state index contributed by atoms with van der Waals surface area (Å²) in [5.74, 6) is -0.241. The van der Waals surface area contributed by atoms with Crippen molar-refractivity contribution in [1.82, 2.24) is 25.1 Å². The standard InChI is InChI=1S/C10H11N5O/c1-15-8(2-3-14-15)6-13-10(16)9-7-11-4-5-12-9/h2-5,7H,6H2,1H3,(H,13,16). The Labute approximate surface area is 92.3 Å². The summed E-state index contributed by atoms with van der Waals surface area (Å²) in [6.07, 6.45) is 6.12. The van der Waals surface area contributed by atoms with Gasteiger partial charge in [-0.2, -0.15) is 5.10 Å². The Morgan fingerprint density at radius 1 is 1.44 bits per heavy atom. The number of hydrogen-bond acceptors (Lipinski definition) is 4. The maximum Gasteiger partial charge on any atom is 0.271 e. The molecular formula is C10H11N5O. The molecule has 2 aromatic heterocycles. The molecule has 0 unspecified atom stereocenters. The van der Waals surface area contributed by atoms with Crippen LogP contribution in [-0.2, 0) is 13.6 Å². The lowest BCUT2D eigenvalue weighted by Crippen LogP contribution is -2.25. The third kappa shape index (κ3) is 2.22. The molecule has 0 bridgehead atoms. The van der Waals surface area contributed by atoms with Crippen LogP contribution < -0.4 is 5.32 Å². The van der Waals surface area contributed by atoms with Gasteiger partial charge in [-0.3, -0.25) is 14.5 Å². The Balaban J connectivity index is 1.97. The first-order valence-electron chi connectivity index (χ1n) is 4.78. The lowest BCUT2D eigenvalue weighted by atomic mass is 10.4. The van der Waals surface area contributed by atoms with Crippen molar-refractivity contribution >= 4 is 5.91 Å². The summed E-state index contributed by atoms with van der Waals surface area (Å²) in [6.45, 7) is 0.423. The van der Waals surface area contributed by atoms with Gasteiger partial charge in [0, 0.05) is 25.6 Å². The second-order valence-corrected chi connectivity index (χ2v) is 3.22.